The molecule has 0 spiro atoms. The fourth-order valence-electron chi connectivity index (χ4n) is 2.26. The SMILES string of the molecule is O=C(N[C@@H]1CCS(=O)(=O)C1)c1cn(-c2ccc(Cl)cc2)nn1. The third-order valence-electron chi connectivity index (χ3n) is 3.38. The van der Waals surface area contributed by atoms with Gasteiger partial charge in [0.2, 0.25) is 0 Å². The molecule has 3 rings (SSSR count). The highest BCUT2D eigenvalue weighted by molar-refractivity contribution is 7.91. The highest BCUT2D eigenvalue weighted by Gasteiger charge is 2.29. The van der Waals surface area contributed by atoms with Crippen LogP contribution in [0, 0.1) is 0 Å². The Morgan fingerprint density at radius 3 is 2.68 bits per heavy atom. The average Bonchev–Trinajstić information content (AvgIpc) is 3.06. The van der Waals surface area contributed by atoms with Gasteiger partial charge in [0.05, 0.1) is 23.4 Å². The first-order valence-corrected chi connectivity index (χ1v) is 8.82. The van der Waals surface area contributed by atoms with Gasteiger partial charge in [0.15, 0.2) is 15.5 Å². The van der Waals surface area contributed by atoms with E-state index in [-0.39, 0.29) is 23.2 Å². The number of aromatic nitrogens is 3. The Balaban J connectivity index is 1.71. The number of carbonyl (C=O) groups is 1. The Morgan fingerprint density at radius 2 is 2.05 bits per heavy atom. The lowest BCUT2D eigenvalue weighted by Gasteiger charge is -2.08. The van der Waals surface area contributed by atoms with Crippen molar-refractivity contribution in [1.29, 1.82) is 0 Å². The maximum absolute atomic E-state index is 12.1. The molecule has 22 heavy (non-hydrogen) atoms. The van der Waals surface area contributed by atoms with E-state index in [2.05, 4.69) is 15.6 Å². The summed E-state index contributed by atoms with van der Waals surface area (Å²) in [6.45, 7) is 0. The van der Waals surface area contributed by atoms with E-state index in [0.29, 0.717) is 11.4 Å². The molecule has 1 aromatic heterocycles. The van der Waals surface area contributed by atoms with Crippen LogP contribution in [0.15, 0.2) is 30.5 Å². The topological polar surface area (TPSA) is 94.0 Å². The summed E-state index contributed by atoms with van der Waals surface area (Å²) in [5.74, 6) is -0.346. The van der Waals surface area contributed by atoms with Crippen LogP contribution >= 0.6 is 11.6 Å². The molecular weight excluding hydrogens is 328 g/mol. The van der Waals surface area contributed by atoms with Crippen molar-refractivity contribution in [2.75, 3.05) is 11.5 Å². The standard InChI is InChI=1S/C13H13ClN4O3S/c14-9-1-3-11(4-2-9)18-7-12(16-17-18)13(19)15-10-5-6-22(20,21)8-10/h1-4,7,10H,5-6,8H2,(H,15,19)/t10-/m1/s1. The molecule has 1 aromatic carbocycles. The third kappa shape index (κ3) is 3.28. The van der Waals surface area contributed by atoms with Crippen LogP contribution in [0.25, 0.3) is 5.69 Å². The highest BCUT2D eigenvalue weighted by atomic mass is 35.5. The molecule has 1 saturated heterocycles. The molecule has 2 heterocycles. The largest absolute Gasteiger partial charge is 0.347 e. The summed E-state index contributed by atoms with van der Waals surface area (Å²) >= 11 is 5.81. The van der Waals surface area contributed by atoms with Crippen LogP contribution in [-0.2, 0) is 9.84 Å². The van der Waals surface area contributed by atoms with Crippen LogP contribution in [0.4, 0.5) is 0 Å². The fraction of sp³-hybridized carbons (Fsp3) is 0.308. The number of rotatable bonds is 3. The highest BCUT2D eigenvalue weighted by Crippen LogP contribution is 2.14. The van der Waals surface area contributed by atoms with Crippen LogP contribution in [0.1, 0.15) is 16.9 Å². The first-order chi connectivity index (χ1) is 10.4. The zero-order valence-electron chi connectivity index (χ0n) is 11.4. The molecule has 0 radical (unpaired) electrons. The van der Waals surface area contributed by atoms with E-state index < -0.39 is 15.7 Å². The lowest BCUT2D eigenvalue weighted by atomic mass is 10.2. The number of hydrogen-bond acceptors (Lipinski definition) is 5. The smallest absolute Gasteiger partial charge is 0.273 e. The summed E-state index contributed by atoms with van der Waals surface area (Å²) in [5, 5.41) is 11.0. The second kappa shape index (κ2) is 5.69. The number of sulfone groups is 1. The van der Waals surface area contributed by atoms with Crippen LogP contribution < -0.4 is 5.32 Å². The Morgan fingerprint density at radius 1 is 1.32 bits per heavy atom. The van der Waals surface area contributed by atoms with Gasteiger partial charge in [0.25, 0.3) is 5.91 Å². The number of nitrogens with one attached hydrogen (secondary N) is 1. The van der Waals surface area contributed by atoms with Gasteiger partial charge < -0.3 is 5.32 Å². The lowest BCUT2D eigenvalue weighted by molar-refractivity contribution is 0.0936. The maximum atomic E-state index is 12.1. The molecule has 1 amide bonds. The fourth-order valence-corrected chi connectivity index (χ4v) is 4.06. The van der Waals surface area contributed by atoms with Crippen LogP contribution in [0.2, 0.25) is 5.02 Å². The Kier molecular flexibility index (Phi) is 3.88. The van der Waals surface area contributed by atoms with E-state index in [1.807, 2.05) is 0 Å². The van der Waals surface area contributed by atoms with E-state index in [1.165, 1.54) is 10.9 Å². The summed E-state index contributed by atoms with van der Waals surface area (Å²) in [7, 11) is -3.03. The summed E-state index contributed by atoms with van der Waals surface area (Å²) < 4.78 is 24.2. The van der Waals surface area contributed by atoms with Crippen molar-refractivity contribution in [3.63, 3.8) is 0 Å². The maximum Gasteiger partial charge on any atom is 0.273 e. The van der Waals surface area contributed by atoms with E-state index in [0.717, 1.165) is 5.69 Å². The van der Waals surface area contributed by atoms with E-state index in [9.17, 15) is 13.2 Å². The summed E-state index contributed by atoms with van der Waals surface area (Å²) in [5.41, 5.74) is 0.860. The minimum Gasteiger partial charge on any atom is -0.347 e. The number of benzene rings is 1. The Hall–Kier alpha value is -1.93. The Labute approximate surface area is 132 Å². The molecule has 9 heteroatoms. The Bertz CT molecular complexity index is 801. The molecule has 1 aliphatic rings. The zero-order chi connectivity index (χ0) is 15.7. The van der Waals surface area contributed by atoms with Crippen molar-refractivity contribution >= 4 is 27.3 Å². The van der Waals surface area contributed by atoms with Crippen molar-refractivity contribution in [3.05, 3.63) is 41.2 Å². The third-order valence-corrected chi connectivity index (χ3v) is 5.40. The van der Waals surface area contributed by atoms with Crippen LogP contribution in [-0.4, -0.2) is 46.9 Å². The molecule has 2 aromatic rings. The summed E-state index contributed by atoms with van der Waals surface area (Å²) in [6, 6.07) is 6.56. The molecule has 0 unspecified atom stereocenters. The molecule has 1 N–H and O–H groups in total. The first-order valence-electron chi connectivity index (χ1n) is 6.62. The van der Waals surface area contributed by atoms with E-state index in [1.54, 1.807) is 24.3 Å². The lowest BCUT2D eigenvalue weighted by Crippen LogP contribution is -2.35. The van der Waals surface area contributed by atoms with E-state index >= 15 is 0 Å². The second-order valence-electron chi connectivity index (χ2n) is 5.10. The number of carbonyl (C=O) groups excluding carboxylic acids is 1. The minimum atomic E-state index is -3.03. The van der Waals surface area contributed by atoms with Gasteiger partial charge in [-0.25, -0.2) is 13.1 Å². The average molecular weight is 341 g/mol. The molecule has 116 valence electrons. The number of nitrogens with zero attached hydrogens (tertiary/aromatic N) is 3. The molecule has 7 nitrogen and oxygen atoms in total. The molecule has 1 aliphatic heterocycles. The first kappa shape index (κ1) is 15.0. The van der Waals surface area contributed by atoms with Crippen LogP contribution in [0.3, 0.4) is 0 Å². The molecule has 0 bridgehead atoms. The van der Waals surface area contributed by atoms with Gasteiger partial charge >= 0.3 is 0 Å². The van der Waals surface area contributed by atoms with Crippen molar-refractivity contribution in [3.8, 4) is 5.69 Å². The molecule has 0 saturated carbocycles. The molecule has 1 atom stereocenters. The van der Waals surface area contributed by atoms with Crippen molar-refractivity contribution in [1.82, 2.24) is 20.3 Å². The molecule has 0 aliphatic carbocycles. The van der Waals surface area contributed by atoms with E-state index in [4.69, 9.17) is 11.6 Å². The van der Waals surface area contributed by atoms with Gasteiger partial charge in [0.1, 0.15) is 0 Å². The predicted molar refractivity (Wildman–Crippen MR) is 80.9 cm³/mol. The summed E-state index contributed by atoms with van der Waals surface area (Å²) in [4.78, 5) is 12.1. The summed E-state index contributed by atoms with van der Waals surface area (Å²) in [6.07, 6.45) is 1.92. The van der Waals surface area contributed by atoms with Gasteiger partial charge in [-0.3, -0.25) is 4.79 Å². The van der Waals surface area contributed by atoms with Gasteiger partial charge in [-0.2, -0.15) is 0 Å². The zero-order valence-corrected chi connectivity index (χ0v) is 13.0. The monoisotopic (exact) mass is 340 g/mol. The van der Waals surface area contributed by atoms with Gasteiger partial charge in [-0.15, -0.1) is 5.10 Å². The normalized spacial score (nSPS) is 20.0. The van der Waals surface area contributed by atoms with Crippen molar-refractivity contribution in [2.45, 2.75) is 12.5 Å². The number of hydrogen-bond donors (Lipinski definition) is 1. The van der Waals surface area contributed by atoms with Gasteiger partial charge in [-0.1, -0.05) is 16.8 Å². The van der Waals surface area contributed by atoms with Crippen LogP contribution in [0.5, 0.6) is 0 Å². The van der Waals surface area contributed by atoms with Gasteiger partial charge in [0, 0.05) is 11.1 Å². The minimum absolute atomic E-state index is 0.0237. The van der Waals surface area contributed by atoms with Crippen molar-refractivity contribution in [2.24, 2.45) is 0 Å². The number of amides is 1. The number of halogens is 1. The second-order valence-corrected chi connectivity index (χ2v) is 7.76. The quantitative estimate of drug-likeness (QED) is 0.893. The predicted octanol–water partition coefficient (Wildman–Crippen LogP) is 0.838. The molecule has 1 fully saturated rings. The van der Waals surface area contributed by atoms with Gasteiger partial charge in [-0.05, 0) is 30.7 Å². The van der Waals surface area contributed by atoms with Crippen molar-refractivity contribution < 1.29 is 13.2 Å². The molecular formula is C13H13ClN4O3S.